The fraction of sp³-hybridized carbons (Fsp3) is 0.222. The highest BCUT2D eigenvalue weighted by Crippen LogP contribution is 2.12. The maximum absolute atomic E-state index is 11.7. The van der Waals surface area contributed by atoms with Gasteiger partial charge in [0.1, 0.15) is 0 Å². The van der Waals surface area contributed by atoms with E-state index in [9.17, 15) is 8.42 Å². The van der Waals surface area contributed by atoms with Crippen molar-refractivity contribution in [2.24, 2.45) is 5.11 Å². The molecule has 0 aromatic heterocycles. The summed E-state index contributed by atoms with van der Waals surface area (Å²) in [6.07, 6.45) is 0. The number of azide groups is 1. The van der Waals surface area contributed by atoms with Crippen LogP contribution in [0.25, 0.3) is 10.4 Å². The van der Waals surface area contributed by atoms with Crippen LogP contribution in [-0.2, 0) is 9.84 Å². The fourth-order valence-electron chi connectivity index (χ4n) is 1.08. The van der Waals surface area contributed by atoms with Crippen LogP contribution in [0.1, 0.15) is 5.56 Å². The molecule has 0 heterocycles. The van der Waals surface area contributed by atoms with Gasteiger partial charge < -0.3 is 0 Å². The van der Waals surface area contributed by atoms with E-state index in [-0.39, 0.29) is 22.8 Å². The maximum Gasteiger partial charge on any atom is 0.178 e. The first-order valence-electron chi connectivity index (χ1n) is 4.34. The number of hydrogen-bond donors (Lipinski definition) is 0. The topological polar surface area (TPSA) is 107 Å². The van der Waals surface area contributed by atoms with Gasteiger partial charge in [-0.3, -0.25) is 0 Å². The second kappa shape index (κ2) is 5.16. The highest BCUT2D eigenvalue weighted by atomic mass is 32.2. The SMILES string of the molecule is N#Cc1cccc(S(=O)(=O)CCN=[N+]=[N-])c1. The van der Waals surface area contributed by atoms with Crippen LogP contribution in [0.5, 0.6) is 0 Å². The van der Waals surface area contributed by atoms with Gasteiger partial charge in [-0.1, -0.05) is 11.2 Å². The average molecular weight is 236 g/mol. The lowest BCUT2D eigenvalue weighted by molar-refractivity contribution is 0.596. The summed E-state index contributed by atoms with van der Waals surface area (Å²) in [4.78, 5) is 2.54. The van der Waals surface area contributed by atoms with Crippen molar-refractivity contribution in [2.45, 2.75) is 4.90 Å². The van der Waals surface area contributed by atoms with Crippen molar-refractivity contribution in [3.8, 4) is 6.07 Å². The summed E-state index contributed by atoms with van der Waals surface area (Å²) in [5, 5.41) is 11.8. The van der Waals surface area contributed by atoms with Crippen molar-refractivity contribution in [1.82, 2.24) is 0 Å². The predicted octanol–water partition coefficient (Wildman–Crippen LogP) is 1.64. The van der Waals surface area contributed by atoms with Crippen molar-refractivity contribution < 1.29 is 8.42 Å². The smallest absolute Gasteiger partial charge is 0.178 e. The minimum atomic E-state index is -3.48. The molecule has 1 rings (SSSR count). The van der Waals surface area contributed by atoms with E-state index < -0.39 is 9.84 Å². The largest absolute Gasteiger partial charge is 0.224 e. The van der Waals surface area contributed by atoms with Gasteiger partial charge in [-0.2, -0.15) is 5.26 Å². The van der Waals surface area contributed by atoms with E-state index >= 15 is 0 Å². The number of hydrogen-bond acceptors (Lipinski definition) is 4. The first kappa shape index (κ1) is 12.0. The van der Waals surface area contributed by atoms with Crippen LogP contribution >= 0.6 is 0 Å². The average Bonchev–Trinajstić information content (AvgIpc) is 2.29. The van der Waals surface area contributed by atoms with E-state index in [4.69, 9.17) is 10.8 Å². The Morgan fingerprint density at radius 1 is 1.50 bits per heavy atom. The summed E-state index contributed by atoms with van der Waals surface area (Å²) in [6, 6.07) is 7.59. The third-order valence-corrected chi connectivity index (χ3v) is 3.54. The summed E-state index contributed by atoms with van der Waals surface area (Å²) in [6.45, 7) is -0.115. The molecule has 6 nitrogen and oxygen atoms in total. The Bertz CT molecular complexity index is 567. The van der Waals surface area contributed by atoms with Gasteiger partial charge >= 0.3 is 0 Å². The number of nitriles is 1. The molecule has 0 bridgehead atoms. The van der Waals surface area contributed by atoms with Gasteiger partial charge in [-0.15, -0.1) is 0 Å². The van der Waals surface area contributed by atoms with Crippen LogP contribution in [0.3, 0.4) is 0 Å². The summed E-state index contributed by atoms with van der Waals surface area (Å²) < 4.78 is 23.4. The molecule has 0 atom stereocenters. The van der Waals surface area contributed by atoms with Crippen molar-refractivity contribution >= 4 is 9.84 Å². The number of benzene rings is 1. The summed E-state index contributed by atoms with van der Waals surface area (Å²) >= 11 is 0. The lowest BCUT2D eigenvalue weighted by Gasteiger charge is -2.01. The lowest BCUT2D eigenvalue weighted by Crippen LogP contribution is -2.09. The molecule has 0 aliphatic rings. The van der Waals surface area contributed by atoms with E-state index in [2.05, 4.69) is 10.0 Å². The molecule has 0 fully saturated rings. The van der Waals surface area contributed by atoms with Gasteiger partial charge in [-0.25, -0.2) is 8.42 Å². The van der Waals surface area contributed by atoms with E-state index in [0.717, 1.165) is 0 Å². The Morgan fingerprint density at radius 3 is 2.88 bits per heavy atom. The normalized spacial score (nSPS) is 10.2. The fourth-order valence-corrected chi connectivity index (χ4v) is 2.23. The lowest BCUT2D eigenvalue weighted by atomic mass is 10.2. The Hall–Kier alpha value is -2.03. The van der Waals surface area contributed by atoms with Gasteiger partial charge in [0, 0.05) is 11.5 Å². The molecular formula is C9H8N4O2S. The van der Waals surface area contributed by atoms with Gasteiger partial charge in [0.25, 0.3) is 0 Å². The van der Waals surface area contributed by atoms with Crippen LogP contribution in [0.15, 0.2) is 34.3 Å². The van der Waals surface area contributed by atoms with Gasteiger partial charge in [0.2, 0.25) is 0 Å². The predicted molar refractivity (Wildman–Crippen MR) is 57.2 cm³/mol. The quantitative estimate of drug-likeness (QED) is 0.450. The molecule has 0 spiro atoms. The maximum atomic E-state index is 11.7. The molecule has 82 valence electrons. The second-order valence-corrected chi connectivity index (χ2v) is 5.02. The summed E-state index contributed by atoms with van der Waals surface area (Å²) in [5.74, 6) is -0.258. The third-order valence-electron chi connectivity index (χ3n) is 1.85. The van der Waals surface area contributed by atoms with Gasteiger partial charge in [0.05, 0.1) is 22.3 Å². The van der Waals surface area contributed by atoms with Gasteiger partial charge in [-0.05, 0) is 23.7 Å². The molecule has 0 N–H and O–H groups in total. The molecule has 0 unspecified atom stereocenters. The first-order chi connectivity index (χ1) is 7.60. The molecular weight excluding hydrogens is 228 g/mol. The molecule has 0 aliphatic carbocycles. The Morgan fingerprint density at radius 2 is 2.25 bits per heavy atom. The van der Waals surface area contributed by atoms with Crippen molar-refractivity contribution in [3.05, 3.63) is 40.3 Å². The Labute approximate surface area is 92.7 Å². The van der Waals surface area contributed by atoms with Crippen LogP contribution in [-0.4, -0.2) is 20.7 Å². The molecule has 0 amide bonds. The van der Waals surface area contributed by atoms with Crippen LogP contribution in [0.2, 0.25) is 0 Å². The number of nitrogens with zero attached hydrogens (tertiary/aromatic N) is 4. The summed E-state index contributed by atoms with van der Waals surface area (Å²) in [5.41, 5.74) is 8.32. The van der Waals surface area contributed by atoms with E-state index in [1.165, 1.54) is 24.3 Å². The highest BCUT2D eigenvalue weighted by Gasteiger charge is 2.13. The zero-order chi connectivity index (χ0) is 12.0. The molecule has 0 radical (unpaired) electrons. The molecule has 1 aromatic rings. The third kappa shape index (κ3) is 2.98. The van der Waals surface area contributed by atoms with Crippen LogP contribution in [0, 0.1) is 11.3 Å². The zero-order valence-electron chi connectivity index (χ0n) is 8.24. The zero-order valence-corrected chi connectivity index (χ0v) is 9.05. The standard InChI is InChI=1S/C9H8N4O2S/c10-7-8-2-1-3-9(6-8)16(14,15)5-4-12-13-11/h1-3,6H,4-5H2. The number of rotatable bonds is 4. The van der Waals surface area contributed by atoms with Crippen LogP contribution < -0.4 is 0 Å². The Kier molecular flexibility index (Phi) is 3.89. The molecule has 0 saturated carbocycles. The van der Waals surface area contributed by atoms with Crippen molar-refractivity contribution in [2.75, 3.05) is 12.3 Å². The minimum absolute atomic E-state index is 0.0692. The molecule has 16 heavy (non-hydrogen) atoms. The van der Waals surface area contributed by atoms with Crippen molar-refractivity contribution in [3.63, 3.8) is 0 Å². The second-order valence-electron chi connectivity index (χ2n) is 2.91. The summed E-state index contributed by atoms with van der Waals surface area (Å²) in [7, 11) is -3.48. The molecule has 0 saturated heterocycles. The monoisotopic (exact) mass is 236 g/mol. The highest BCUT2D eigenvalue weighted by molar-refractivity contribution is 7.91. The van der Waals surface area contributed by atoms with Crippen LogP contribution in [0.4, 0.5) is 0 Å². The van der Waals surface area contributed by atoms with Crippen molar-refractivity contribution in [1.29, 1.82) is 5.26 Å². The Balaban J connectivity index is 2.98. The van der Waals surface area contributed by atoms with E-state index in [1.54, 1.807) is 0 Å². The minimum Gasteiger partial charge on any atom is -0.224 e. The van der Waals surface area contributed by atoms with Gasteiger partial charge in [0.15, 0.2) is 9.84 Å². The number of sulfone groups is 1. The first-order valence-corrected chi connectivity index (χ1v) is 5.99. The van der Waals surface area contributed by atoms with E-state index in [0.29, 0.717) is 0 Å². The molecule has 7 heteroatoms. The van der Waals surface area contributed by atoms with E-state index in [1.807, 2.05) is 6.07 Å². The molecule has 0 aliphatic heterocycles. The molecule has 1 aromatic carbocycles.